The number of anilines is 1. The number of aromatic nitrogens is 1. The summed E-state index contributed by atoms with van der Waals surface area (Å²) in [5, 5.41) is 8.42. The molecule has 1 aromatic heterocycles. The molecular formula is C35H27N5OS2. The van der Waals surface area contributed by atoms with E-state index in [0.717, 1.165) is 39.2 Å². The molecule has 7 rings (SSSR count). The van der Waals surface area contributed by atoms with Crippen LogP contribution in [0, 0.1) is 0 Å². The molecule has 0 saturated carbocycles. The summed E-state index contributed by atoms with van der Waals surface area (Å²) in [6.45, 7) is 4.22. The van der Waals surface area contributed by atoms with E-state index in [1.165, 1.54) is 28.7 Å². The van der Waals surface area contributed by atoms with E-state index in [-0.39, 0.29) is 11.9 Å². The maximum absolute atomic E-state index is 13.4. The van der Waals surface area contributed by atoms with Crippen molar-refractivity contribution in [1.82, 2.24) is 9.88 Å². The Morgan fingerprint density at radius 2 is 1.63 bits per heavy atom. The molecule has 8 heteroatoms. The minimum Gasteiger partial charge on any atom is -0.282 e. The number of para-hydroxylation sites is 1. The van der Waals surface area contributed by atoms with E-state index in [4.69, 9.17) is 10.1 Å². The van der Waals surface area contributed by atoms with Gasteiger partial charge in [0.2, 0.25) is 5.13 Å². The van der Waals surface area contributed by atoms with Gasteiger partial charge in [0.1, 0.15) is 0 Å². The van der Waals surface area contributed by atoms with Crippen LogP contribution in [-0.2, 0) is 4.79 Å². The Morgan fingerprint density at radius 3 is 2.37 bits per heavy atom. The maximum Gasteiger partial charge on any atom is 0.267 e. The Hall–Kier alpha value is -4.79. The fourth-order valence-electron chi connectivity index (χ4n) is 5.23. The summed E-state index contributed by atoms with van der Waals surface area (Å²) < 4.78 is 1.06. The van der Waals surface area contributed by atoms with Crippen LogP contribution in [-0.4, -0.2) is 33.2 Å². The Bertz CT molecular complexity index is 1860. The SMILES string of the molecule is C=CCN1C(=O)C(=Cc2ccc(N3N=C(c4ccccc4)CC3c3ccccc3)cc2)SC1=Nc1nc2ccccc2s1. The van der Waals surface area contributed by atoms with Gasteiger partial charge in [0.25, 0.3) is 5.91 Å². The molecule has 2 aliphatic heterocycles. The van der Waals surface area contributed by atoms with Crippen LogP contribution in [0.2, 0.25) is 0 Å². The molecule has 6 nitrogen and oxygen atoms in total. The summed E-state index contributed by atoms with van der Waals surface area (Å²) >= 11 is 2.88. The number of rotatable bonds is 7. The maximum atomic E-state index is 13.4. The van der Waals surface area contributed by atoms with Gasteiger partial charge in [0, 0.05) is 13.0 Å². The third kappa shape index (κ3) is 5.55. The second-order valence-corrected chi connectivity index (χ2v) is 12.2. The largest absolute Gasteiger partial charge is 0.282 e. The molecule has 210 valence electrons. The predicted molar refractivity (Wildman–Crippen MR) is 180 cm³/mol. The van der Waals surface area contributed by atoms with Gasteiger partial charge in [0.05, 0.1) is 32.6 Å². The summed E-state index contributed by atoms with van der Waals surface area (Å²) in [5.41, 5.74) is 6.26. The zero-order valence-electron chi connectivity index (χ0n) is 23.2. The highest BCUT2D eigenvalue weighted by Crippen LogP contribution is 2.38. The van der Waals surface area contributed by atoms with E-state index in [2.05, 4.69) is 65.1 Å². The van der Waals surface area contributed by atoms with Crippen molar-refractivity contribution in [3.05, 3.63) is 143 Å². The van der Waals surface area contributed by atoms with Gasteiger partial charge in [-0.3, -0.25) is 14.7 Å². The molecule has 0 spiro atoms. The van der Waals surface area contributed by atoms with Gasteiger partial charge in [0.15, 0.2) is 5.17 Å². The molecule has 43 heavy (non-hydrogen) atoms. The molecule has 0 N–H and O–H groups in total. The second kappa shape index (κ2) is 11.8. The average Bonchev–Trinajstić information content (AvgIpc) is 3.75. The van der Waals surface area contributed by atoms with E-state index >= 15 is 0 Å². The number of carbonyl (C=O) groups is 1. The molecule has 1 atom stereocenters. The molecular weight excluding hydrogens is 571 g/mol. The average molecular weight is 598 g/mol. The monoisotopic (exact) mass is 597 g/mol. The molecule has 0 radical (unpaired) electrons. The third-order valence-corrected chi connectivity index (χ3v) is 9.27. The molecule has 3 heterocycles. The first-order chi connectivity index (χ1) is 21.2. The molecule has 5 aromatic rings. The lowest BCUT2D eigenvalue weighted by Gasteiger charge is -2.24. The standard InChI is InChI=1S/C35H27N5OS2/c1-2-21-39-33(41)32(43-35(39)37-34-36-28-15-9-10-16-31(28)42-34)22-24-17-19-27(20-18-24)40-30(26-13-7-4-8-14-26)23-29(38-40)25-11-5-3-6-12-25/h2-20,22,30H,1,21,23H2. The minimum atomic E-state index is -0.0883. The molecule has 2 aliphatic rings. The van der Waals surface area contributed by atoms with Gasteiger partial charge in [-0.25, -0.2) is 4.98 Å². The second-order valence-electron chi connectivity index (χ2n) is 10.2. The lowest BCUT2D eigenvalue weighted by Crippen LogP contribution is -2.29. The molecule has 4 aromatic carbocycles. The predicted octanol–water partition coefficient (Wildman–Crippen LogP) is 8.44. The molecule has 1 saturated heterocycles. The summed E-state index contributed by atoms with van der Waals surface area (Å²) in [4.78, 5) is 25.0. The molecule has 1 amide bonds. The van der Waals surface area contributed by atoms with Gasteiger partial charge in [-0.15, -0.1) is 6.58 Å². The van der Waals surface area contributed by atoms with Gasteiger partial charge >= 0.3 is 0 Å². The van der Waals surface area contributed by atoms with Crippen LogP contribution in [0.3, 0.4) is 0 Å². The Labute approximate surface area is 258 Å². The quantitative estimate of drug-likeness (QED) is 0.140. The number of thiazole rings is 1. The normalized spacial score (nSPS) is 18.7. The number of fused-ring (bicyclic) bond motifs is 1. The van der Waals surface area contributed by atoms with Crippen molar-refractivity contribution in [3.63, 3.8) is 0 Å². The summed E-state index contributed by atoms with van der Waals surface area (Å²) in [6, 6.07) is 37.1. The van der Waals surface area contributed by atoms with Crippen LogP contribution in [0.25, 0.3) is 16.3 Å². The van der Waals surface area contributed by atoms with E-state index in [0.29, 0.717) is 21.7 Å². The number of nitrogens with zero attached hydrogens (tertiary/aromatic N) is 5. The van der Waals surface area contributed by atoms with Crippen molar-refractivity contribution < 1.29 is 4.79 Å². The van der Waals surface area contributed by atoms with Crippen molar-refractivity contribution in [2.75, 3.05) is 11.6 Å². The molecule has 0 aliphatic carbocycles. The van der Waals surface area contributed by atoms with Crippen molar-refractivity contribution in [1.29, 1.82) is 0 Å². The third-order valence-electron chi connectivity index (χ3n) is 7.33. The number of hydrogen-bond donors (Lipinski definition) is 0. The first-order valence-electron chi connectivity index (χ1n) is 14.0. The van der Waals surface area contributed by atoms with Gasteiger partial charge in [-0.2, -0.15) is 10.1 Å². The number of carbonyl (C=O) groups excluding carboxylic acids is 1. The van der Waals surface area contributed by atoms with Crippen LogP contribution in [0.1, 0.15) is 29.2 Å². The van der Waals surface area contributed by atoms with E-state index in [9.17, 15) is 4.79 Å². The fraction of sp³-hybridized carbons (Fsp3) is 0.0857. The Balaban J connectivity index is 1.17. The lowest BCUT2D eigenvalue weighted by molar-refractivity contribution is -0.121. The first-order valence-corrected chi connectivity index (χ1v) is 15.6. The highest BCUT2D eigenvalue weighted by atomic mass is 32.2. The number of aliphatic imine (C=N–C) groups is 1. The van der Waals surface area contributed by atoms with Crippen LogP contribution in [0.4, 0.5) is 10.8 Å². The van der Waals surface area contributed by atoms with Crippen LogP contribution >= 0.6 is 23.1 Å². The van der Waals surface area contributed by atoms with Crippen molar-refractivity contribution in [3.8, 4) is 0 Å². The summed E-state index contributed by atoms with van der Waals surface area (Å²) in [6.07, 6.45) is 4.46. The summed E-state index contributed by atoms with van der Waals surface area (Å²) in [7, 11) is 0. The van der Waals surface area contributed by atoms with Gasteiger partial charge in [-0.05, 0) is 58.8 Å². The molecule has 0 bridgehead atoms. The van der Waals surface area contributed by atoms with Gasteiger partial charge in [-0.1, -0.05) is 102 Å². The highest BCUT2D eigenvalue weighted by molar-refractivity contribution is 8.18. The van der Waals surface area contributed by atoms with Crippen LogP contribution in [0.15, 0.2) is 137 Å². The number of hydrogen-bond acceptors (Lipinski definition) is 7. The van der Waals surface area contributed by atoms with Crippen LogP contribution in [0.5, 0.6) is 0 Å². The Morgan fingerprint density at radius 1 is 0.907 bits per heavy atom. The number of amides is 1. The number of hydrazone groups is 1. The lowest BCUT2D eigenvalue weighted by atomic mass is 9.98. The zero-order chi connectivity index (χ0) is 29.2. The molecule has 1 fully saturated rings. The van der Waals surface area contributed by atoms with Crippen molar-refractivity contribution >= 4 is 67.0 Å². The fourth-order valence-corrected chi connectivity index (χ4v) is 7.12. The number of benzene rings is 4. The Kier molecular flexibility index (Phi) is 7.45. The van der Waals surface area contributed by atoms with E-state index in [1.54, 1.807) is 11.0 Å². The van der Waals surface area contributed by atoms with E-state index in [1.807, 2.05) is 66.7 Å². The number of amidine groups is 1. The van der Waals surface area contributed by atoms with Crippen molar-refractivity contribution in [2.24, 2.45) is 10.1 Å². The topological polar surface area (TPSA) is 61.2 Å². The smallest absolute Gasteiger partial charge is 0.267 e. The van der Waals surface area contributed by atoms with Gasteiger partial charge < -0.3 is 0 Å². The summed E-state index contributed by atoms with van der Waals surface area (Å²) in [5.74, 6) is -0.0883. The van der Waals surface area contributed by atoms with E-state index < -0.39 is 0 Å². The zero-order valence-corrected chi connectivity index (χ0v) is 24.8. The minimum absolute atomic E-state index is 0.0883. The highest BCUT2D eigenvalue weighted by Gasteiger charge is 2.33. The van der Waals surface area contributed by atoms with Crippen LogP contribution < -0.4 is 5.01 Å². The first kappa shape index (κ1) is 27.1. The number of thioether (sulfide) groups is 1. The molecule has 1 unspecified atom stereocenters. The van der Waals surface area contributed by atoms with Crippen molar-refractivity contribution in [2.45, 2.75) is 12.5 Å².